The van der Waals surface area contributed by atoms with Gasteiger partial charge in [-0.25, -0.2) is 0 Å². The maximum atomic E-state index is 5.74. The Labute approximate surface area is 69.4 Å². The molecular weight excluding hydrogens is 138 g/mol. The number of hydrogen-bond donors (Lipinski definition) is 1. The van der Waals surface area contributed by atoms with E-state index in [0.29, 0.717) is 6.61 Å². The molecule has 0 amide bonds. The van der Waals surface area contributed by atoms with Crippen LogP contribution in [0.3, 0.4) is 0 Å². The molecule has 0 aliphatic heterocycles. The molecule has 0 aliphatic rings. The first-order valence-electron chi connectivity index (χ1n) is 4.25. The highest BCUT2D eigenvalue weighted by Crippen LogP contribution is 1.99. The first-order chi connectivity index (χ1) is 5.31. The minimum Gasteiger partial charge on any atom is -0.380 e. The van der Waals surface area contributed by atoms with E-state index in [0.717, 1.165) is 25.9 Å². The van der Waals surface area contributed by atoms with Gasteiger partial charge in [0.05, 0.1) is 6.61 Å². The number of allylic oxidation sites excluding steroid dienone is 1. The van der Waals surface area contributed by atoms with Gasteiger partial charge in [0.15, 0.2) is 0 Å². The maximum Gasteiger partial charge on any atom is 0.0617 e. The molecule has 2 nitrogen and oxygen atoms in total. The monoisotopic (exact) mass is 157 g/mol. The molecule has 0 radical (unpaired) electrons. The maximum absolute atomic E-state index is 5.74. The Bertz CT molecular complexity index is 93.6. The zero-order valence-corrected chi connectivity index (χ0v) is 7.38. The fraction of sp³-hybridized carbons (Fsp3) is 0.778. The summed E-state index contributed by atoms with van der Waals surface area (Å²) in [5, 5.41) is 0. The van der Waals surface area contributed by atoms with Crippen molar-refractivity contribution in [2.75, 3.05) is 13.2 Å². The second-order valence-corrected chi connectivity index (χ2v) is 2.64. The van der Waals surface area contributed by atoms with Crippen LogP contribution in [0.1, 0.15) is 26.2 Å². The predicted octanol–water partition coefficient (Wildman–Crippen LogP) is 1.71. The van der Waals surface area contributed by atoms with Crippen LogP contribution in [0.4, 0.5) is 0 Å². The SMILES string of the molecule is C=CCCCC(N)COCC. The van der Waals surface area contributed by atoms with Crippen LogP contribution in [0.5, 0.6) is 0 Å². The van der Waals surface area contributed by atoms with Gasteiger partial charge < -0.3 is 10.5 Å². The molecule has 11 heavy (non-hydrogen) atoms. The van der Waals surface area contributed by atoms with Gasteiger partial charge in [-0.05, 0) is 26.2 Å². The summed E-state index contributed by atoms with van der Waals surface area (Å²) in [6.07, 6.45) is 5.14. The molecule has 0 spiro atoms. The summed E-state index contributed by atoms with van der Waals surface area (Å²) in [7, 11) is 0. The van der Waals surface area contributed by atoms with E-state index < -0.39 is 0 Å². The third-order valence-corrected chi connectivity index (χ3v) is 1.52. The van der Waals surface area contributed by atoms with Crippen molar-refractivity contribution < 1.29 is 4.74 Å². The van der Waals surface area contributed by atoms with Gasteiger partial charge in [0.2, 0.25) is 0 Å². The fourth-order valence-corrected chi connectivity index (χ4v) is 0.877. The lowest BCUT2D eigenvalue weighted by atomic mass is 10.1. The van der Waals surface area contributed by atoms with Gasteiger partial charge in [0.1, 0.15) is 0 Å². The van der Waals surface area contributed by atoms with E-state index in [4.69, 9.17) is 10.5 Å². The zero-order valence-electron chi connectivity index (χ0n) is 7.38. The molecule has 0 aromatic rings. The molecule has 0 fully saturated rings. The Morgan fingerprint density at radius 1 is 1.64 bits per heavy atom. The molecule has 0 heterocycles. The van der Waals surface area contributed by atoms with Gasteiger partial charge in [-0.1, -0.05) is 6.08 Å². The smallest absolute Gasteiger partial charge is 0.0617 e. The van der Waals surface area contributed by atoms with Crippen LogP contribution in [0, 0.1) is 0 Å². The Morgan fingerprint density at radius 3 is 2.91 bits per heavy atom. The molecule has 0 rings (SSSR count). The van der Waals surface area contributed by atoms with Crippen molar-refractivity contribution in [3.05, 3.63) is 12.7 Å². The average molecular weight is 157 g/mol. The molecule has 0 aromatic carbocycles. The Kier molecular flexibility index (Phi) is 7.52. The van der Waals surface area contributed by atoms with Gasteiger partial charge in [-0.2, -0.15) is 0 Å². The number of hydrogen-bond acceptors (Lipinski definition) is 2. The Hall–Kier alpha value is -0.340. The highest BCUT2D eigenvalue weighted by atomic mass is 16.5. The summed E-state index contributed by atoms with van der Waals surface area (Å²) in [5.74, 6) is 0. The molecule has 0 saturated heterocycles. The summed E-state index contributed by atoms with van der Waals surface area (Å²) in [6, 6.07) is 0.204. The molecule has 1 atom stereocenters. The van der Waals surface area contributed by atoms with Crippen molar-refractivity contribution in [3.63, 3.8) is 0 Å². The second kappa shape index (κ2) is 7.76. The van der Waals surface area contributed by atoms with Crippen LogP contribution in [-0.2, 0) is 4.74 Å². The molecular formula is C9H19NO. The molecule has 66 valence electrons. The number of nitrogens with two attached hydrogens (primary N) is 1. The average Bonchev–Trinajstić information content (AvgIpc) is 2.01. The lowest BCUT2D eigenvalue weighted by Gasteiger charge is -2.09. The summed E-state index contributed by atoms with van der Waals surface area (Å²) < 4.78 is 5.18. The fourth-order valence-electron chi connectivity index (χ4n) is 0.877. The summed E-state index contributed by atoms with van der Waals surface area (Å²) >= 11 is 0. The largest absolute Gasteiger partial charge is 0.380 e. The highest BCUT2D eigenvalue weighted by molar-refractivity contribution is 4.68. The van der Waals surface area contributed by atoms with Gasteiger partial charge in [-0.15, -0.1) is 6.58 Å². The van der Waals surface area contributed by atoms with Crippen LogP contribution >= 0.6 is 0 Å². The van der Waals surface area contributed by atoms with E-state index in [1.54, 1.807) is 0 Å². The number of ether oxygens (including phenoxy) is 1. The van der Waals surface area contributed by atoms with Crippen molar-refractivity contribution >= 4 is 0 Å². The van der Waals surface area contributed by atoms with E-state index in [2.05, 4.69) is 6.58 Å². The van der Waals surface area contributed by atoms with E-state index in [1.165, 1.54) is 0 Å². The molecule has 0 saturated carbocycles. The minimum atomic E-state index is 0.204. The molecule has 2 heteroatoms. The van der Waals surface area contributed by atoms with Gasteiger partial charge in [-0.3, -0.25) is 0 Å². The van der Waals surface area contributed by atoms with E-state index in [1.807, 2.05) is 13.0 Å². The van der Waals surface area contributed by atoms with E-state index >= 15 is 0 Å². The molecule has 0 bridgehead atoms. The minimum absolute atomic E-state index is 0.204. The van der Waals surface area contributed by atoms with Gasteiger partial charge >= 0.3 is 0 Å². The lowest BCUT2D eigenvalue weighted by molar-refractivity contribution is 0.130. The van der Waals surface area contributed by atoms with Crippen LogP contribution in [0.25, 0.3) is 0 Å². The van der Waals surface area contributed by atoms with Gasteiger partial charge in [0.25, 0.3) is 0 Å². The normalized spacial score (nSPS) is 12.9. The number of unbranched alkanes of at least 4 members (excludes halogenated alkanes) is 1. The lowest BCUT2D eigenvalue weighted by Crippen LogP contribution is -2.25. The second-order valence-electron chi connectivity index (χ2n) is 2.64. The Morgan fingerprint density at radius 2 is 2.36 bits per heavy atom. The third kappa shape index (κ3) is 7.56. The molecule has 2 N–H and O–H groups in total. The summed E-state index contributed by atoms with van der Waals surface area (Å²) in [5.41, 5.74) is 5.74. The van der Waals surface area contributed by atoms with Crippen LogP contribution in [0.15, 0.2) is 12.7 Å². The summed E-state index contributed by atoms with van der Waals surface area (Å²) in [6.45, 7) is 7.08. The van der Waals surface area contributed by atoms with Crippen molar-refractivity contribution in [1.82, 2.24) is 0 Å². The molecule has 0 aromatic heterocycles. The first-order valence-corrected chi connectivity index (χ1v) is 4.25. The van der Waals surface area contributed by atoms with Crippen molar-refractivity contribution in [2.45, 2.75) is 32.2 Å². The molecule has 0 aliphatic carbocycles. The third-order valence-electron chi connectivity index (χ3n) is 1.52. The standard InChI is InChI=1S/C9H19NO/c1-3-5-6-7-9(10)8-11-4-2/h3,9H,1,4-8,10H2,2H3. The van der Waals surface area contributed by atoms with E-state index in [-0.39, 0.29) is 6.04 Å². The van der Waals surface area contributed by atoms with Gasteiger partial charge in [0, 0.05) is 12.6 Å². The van der Waals surface area contributed by atoms with Crippen molar-refractivity contribution in [2.24, 2.45) is 5.73 Å². The van der Waals surface area contributed by atoms with Crippen LogP contribution in [-0.4, -0.2) is 19.3 Å². The Balaban J connectivity index is 3.08. The highest BCUT2D eigenvalue weighted by Gasteiger charge is 1.99. The van der Waals surface area contributed by atoms with Crippen molar-refractivity contribution in [1.29, 1.82) is 0 Å². The van der Waals surface area contributed by atoms with Crippen molar-refractivity contribution in [3.8, 4) is 0 Å². The topological polar surface area (TPSA) is 35.2 Å². The summed E-state index contributed by atoms with van der Waals surface area (Å²) in [4.78, 5) is 0. The van der Waals surface area contributed by atoms with Crippen LogP contribution < -0.4 is 5.73 Å². The number of rotatable bonds is 7. The van der Waals surface area contributed by atoms with E-state index in [9.17, 15) is 0 Å². The molecule has 1 unspecified atom stereocenters. The zero-order chi connectivity index (χ0) is 8.53. The first kappa shape index (κ1) is 10.7. The quantitative estimate of drug-likeness (QED) is 0.451. The van der Waals surface area contributed by atoms with Crippen LogP contribution in [0.2, 0.25) is 0 Å². The predicted molar refractivity (Wildman–Crippen MR) is 48.5 cm³/mol.